The van der Waals surface area contributed by atoms with Gasteiger partial charge in [-0.2, -0.15) is 0 Å². The van der Waals surface area contributed by atoms with Crippen LogP contribution >= 0.6 is 0 Å². The lowest BCUT2D eigenvalue weighted by Crippen LogP contribution is -2.57. The summed E-state index contributed by atoms with van der Waals surface area (Å²) < 4.78 is 0. The molecule has 0 aliphatic heterocycles. The molecule has 0 aliphatic carbocycles. The zero-order valence-electron chi connectivity index (χ0n) is 29.9. The Kier molecular flexibility index (Phi) is 22.0. The van der Waals surface area contributed by atoms with Crippen LogP contribution in [0.1, 0.15) is 120 Å². The number of hydrogen-bond donors (Lipinski definition) is 6. The Bertz CT molecular complexity index is 1110. The molecule has 0 spiro atoms. The highest BCUT2D eigenvalue weighted by atomic mass is 16.4. The van der Waals surface area contributed by atoms with Crippen LogP contribution in [0.25, 0.3) is 0 Å². The van der Waals surface area contributed by atoms with Gasteiger partial charge in [-0.3, -0.25) is 19.2 Å². The van der Waals surface area contributed by atoms with Crippen LogP contribution in [0.2, 0.25) is 0 Å². The molecule has 0 fully saturated rings. The highest BCUT2D eigenvalue weighted by Gasteiger charge is 2.31. The second-order valence-corrected chi connectivity index (χ2v) is 13.5. The summed E-state index contributed by atoms with van der Waals surface area (Å²) in [7, 11) is 0. The van der Waals surface area contributed by atoms with E-state index in [1.807, 2.05) is 26.8 Å². The van der Waals surface area contributed by atoms with Gasteiger partial charge in [0.2, 0.25) is 17.7 Å². The molecule has 0 radical (unpaired) electrons. The Morgan fingerprint density at radius 3 is 1.77 bits per heavy atom. The van der Waals surface area contributed by atoms with Crippen LogP contribution < -0.4 is 16.0 Å². The first-order valence-corrected chi connectivity index (χ1v) is 16.9. The number of rotatable bonds is 24. The molecule has 6 N–H and O–H groups in total. The largest absolute Gasteiger partial charge is 0.481 e. The van der Waals surface area contributed by atoms with Crippen molar-refractivity contribution >= 4 is 29.7 Å². The lowest BCUT2D eigenvalue weighted by molar-refractivity contribution is -0.143. The van der Waals surface area contributed by atoms with E-state index in [2.05, 4.69) is 48.9 Å². The maximum Gasteiger partial charge on any atom is 0.328 e. The van der Waals surface area contributed by atoms with E-state index in [4.69, 9.17) is 5.11 Å². The molecule has 11 nitrogen and oxygen atoms in total. The van der Waals surface area contributed by atoms with Crippen LogP contribution in [0.15, 0.2) is 34.9 Å². The summed E-state index contributed by atoms with van der Waals surface area (Å²) in [6, 6.07) is -3.50. The smallest absolute Gasteiger partial charge is 0.328 e. The SMILES string of the molecule is CC(C)=CCC/C(C)=C/CC/C(C)=C/CC(CCCCC(=O)N[C@H](C(=O)N[C@@H](CC(C)C)C(=O)N[C@@H](CO)C(=O)O)C(C)C)C(=O)O. The molecule has 11 heteroatoms. The molecule has 0 aliphatic rings. The standard InChI is InChI=1S/C36H61N3O8/c1-23(2)13-11-14-26(7)15-12-16-27(8)19-20-28(35(44)45)17-9-10-18-31(41)39-32(25(5)6)34(43)37-29(21-24(3)4)33(42)38-30(22-40)36(46)47/h13,15,19,24-25,28-30,32,40H,9-12,14,16-18,20-22H2,1-8H3,(H,37,43)(H,38,42)(H,39,41)(H,44,45)(H,46,47)/b26-15+,27-19+/t28?,29-,30-,32-/m0/s1. The molecule has 0 aromatic rings. The quantitative estimate of drug-likeness (QED) is 0.0595. The molecule has 0 saturated heterocycles. The second kappa shape index (κ2) is 23.8. The zero-order chi connectivity index (χ0) is 36.1. The van der Waals surface area contributed by atoms with E-state index in [9.17, 15) is 34.2 Å². The third-order valence-corrected chi connectivity index (χ3v) is 7.83. The number of nitrogens with one attached hydrogen (secondary N) is 3. The van der Waals surface area contributed by atoms with E-state index in [0.29, 0.717) is 25.7 Å². The van der Waals surface area contributed by atoms with E-state index < -0.39 is 54.4 Å². The summed E-state index contributed by atoms with van der Waals surface area (Å²) in [6.07, 6.45) is 12.6. The molecule has 0 heterocycles. The van der Waals surface area contributed by atoms with Gasteiger partial charge >= 0.3 is 11.9 Å². The summed E-state index contributed by atoms with van der Waals surface area (Å²) in [5.41, 5.74) is 3.84. The molecule has 4 atom stereocenters. The first-order chi connectivity index (χ1) is 22.0. The van der Waals surface area contributed by atoms with Gasteiger partial charge in [-0.15, -0.1) is 0 Å². The van der Waals surface area contributed by atoms with Crippen LogP contribution in [0.5, 0.6) is 0 Å². The maximum atomic E-state index is 13.1. The van der Waals surface area contributed by atoms with Crippen LogP contribution in [-0.2, 0) is 24.0 Å². The minimum Gasteiger partial charge on any atom is -0.481 e. The summed E-state index contributed by atoms with van der Waals surface area (Å²) >= 11 is 0. The lowest BCUT2D eigenvalue weighted by atomic mass is 9.95. The summed E-state index contributed by atoms with van der Waals surface area (Å²) in [6.45, 7) is 14.8. The van der Waals surface area contributed by atoms with E-state index in [1.165, 1.54) is 11.1 Å². The average molecular weight is 664 g/mol. The molecule has 47 heavy (non-hydrogen) atoms. The maximum absolute atomic E-state index is 13.1. The van der Waals surface area contributed by atoms with Gasteiger partial charge in [0, 0.05) is 6.42 Å². The van der Waals surface area contributed by atoms with Gasteiger partial charge in [0.15, 0.2) is 0 Å². The minimum absolute atomic E-state index is 0.0152. The van der Waals surface area contributed by atoms with Gasteiger partial charge in [-0.1, -0.05) is 69.1 Å². The molecule has 0 rings (SSSR count). The normalized spacial score (nSPS) is 14.6. The van der Waals surface area contributed by atoms with Gasteiger partial charge in [0.25, 0.3) is 0 Å². The Balaban J connectivity index is 4.96. The number of aliphatic hydroxyl groups is 1. The number of carbonyl (C=O) groups excluding carboxylic acids is 3. The van der Waals surface area contributed by atoms with Gasteiger partial charge in [-0.05, 0) is 90.9 Å². The zero-order valence-corrected chi connectivity index (χ0v) is 29.9. The average Bonchev–Trinajstić information content (AvgIpc) is 2.96. The van der Waals surface area contributed by atoms with Gasteiger partial charge in [0.1, 0.15) is 18.1 Å². The van der Waals surface area contributed by atoms with E-state index >= 15 is 0 Å². The third-order valence-electron chi connectivity index (χ3n) is 7.83. The Morgan fingerprint density at radius 2 is 1.26 bits per heavy atom. The lowest BCUT2D eigenvalue weighted by Gasteiger charge is -2.26. The number of aliphatic hydroxyl groups excluding tert-OH is 1. The Morgan fingerprint density at radius 1 is 0.681 bits per heavy atom. The molecule has 0 saturated carbocycles. The summed E-state index contributed by atoms with van der Waals surface area (Å²) in [5.74, 6) is -4.80. The summed E-state index contributed by atoms with van der Waals surface area (Å²) in [5, 5.41) is 35.7. The van der Waals surface area contributed by atoms with Crippen LogP contribution in [0.4, 0.5) is 0 Å². The van der Waals surface area contributed by atoms with Crippen molar-refractivity contribution in [3.63, 3.8) is 0 Å². The fourth-order valence-electron chi connectivity index (χ4n) is 4.90. The van der Waals surface area contributed by atoms with Crippen molar-refractivity contribution in [1.82, 2.24) is 16.0 Å². The Hall–Kier alpha value is -3.47. The van der Waals surface area contributed by atoms with Crippen molar-refractivity contribution in [3.05, 3.63) is 34.9 Å². The predicted octanol–water partition coefficient (Wildman–Crippen LogP) is 5.29. The number of unbranched alkanes of at least 4 members (excludes halogenated alkanes) is 1. The van der Waals surface area contributed by atoms with Crippen molar-refractivity contribution < 1.29 is 39.3 Å². The van der Waals surface area contributed by atoms with Crippen LogP contribution in [0, 0.1) is 17.8 Å². The summed E-state index contributed by atoms with van der Waals surface area (Å²) in [4.78, 5) is 61.7. The minimum atomic E-state index is -1.50. The number of hydrogen-bond acceptors (Lipinski definition) is 6. The number of carboxylic acids is 2. The monoisotopic (exact) mass is 663 g/mol. The van der Waals surface area contributed by atoms with Crippen molar-refractivity contribution in [2.45, 2.75) is 138 Å². The predicted molar refractivity (Wildman–Crippen MR) is 184 cm³/mol. The molecule has 0 aromatic heterocycles. The Labute approximate surface area is 281 Å². The molecular formula is C36H61N3O8. The van der Waals surface area contributed by atoms with Crippen LogP contribution in [0.3, 0.4) is 0 Å². The van der Waals surface area contributed by atoms with E-state index in [-0.39, 0.29) is 30.6 Å². The van der Waals surface area contributed by atoms with Gasteiger partial charge in [0.05, 0.1) is 12.5 Å². The molecule has 0 bridgehead atoms. The number of aliphatic carboxylic acids is 2. The van der Waals surface area contributed by atoms with E-state index in [1.54, 1.807) is 13.8 Å². The second-order valence-electron chi connectivity index (χ2n) is 13.5. The molecule has 0 aromatic carbocycles. The topological polar surface area (TPSA) is 182 Å². The number of carboxylic acid groups (broad SMARTS) is 2. The first-order valence-electron chi connectivity index (χ1n) is 16.9. The molecule has 1 unspecified atom stereocenters. The first kappa shape index (κ1) is 43.5. The fourth-order valence-corrected chi connectivity index (χ4v) is 4.90. The number of carbonyl (C=O) groups is 5. The van der Waals surface area contributed by atoms with Crippen molar-refractivity contribution in [3.8, 4) is 0 Å². The highest BCUT2D eigenvalue weighted by molar-refractivity contribution is 5.93. The van der Waals surface area contributed by atoms with Gasteiger partial charge < -0.3 is 31.3 Å². The molecule has 268 valence electrons. The van der Waals surface area contributed by atoms with Crippen LogP contribution in [-0.4, -0.2) is 69.7 Å². The number of amides is 3. The van der Waals surface area contributed by atoms with Crippen molar-refractivity contribution in [1.29, 1.82) is 0 Å². The van der Waals surface area contributed by atoms with Gasteiger partial charge in [-0.25, -0.2) is 4.79 Å². The van der Waals surface area contributed by atoms with Crippen molar-refractivity contribution in [2.24, 2.45) is 17.8 Å². The van der Waals surface area contributed by atoms with E-state index in [0.717, 1.165) is 31.3 Å². The third kappa shape index (κ3) is 20.4. The van der Waals surface area contributed by atoms with Crippen molar-refractivity contribution in [2.75, 3.05) is 6.61 Å². The molecular weight excluding hydrogens is 602 g/mol. The fraction of sp³-hybridized carbons (Fsp3) is 0.694. The number of allylic oxidation sites excluding steroid dienone is 6. The molecule has 3 amide bonds. The highest BCUT2D eigenvalue weighted by Crippen LogP contribution is 2.18.